The Hall–Kier alpha value is -2.91. The Morgan fingerprint density at radius 3 is 2.33 bits per heavy atom. The molecule has 0 radical (unpaired) electrons. The first-order valence-electron chi connectivity index (χ1n) is 12.7. The summed E-state index contributed by atoms with van der Waals surface area (Å²) >= 11 is 0. The lowest BCUT2D eigenvalue weighted by Crippen LogP contribution is -2.37. The van der Waals surface area contributed by atoms with Crippen LogP contribution in [0.3, 0.4) is 0 Å². The molecule has 0 spiro atoms. The highest BCUT2D eigenvalue weighted by Crippen LogP contribution is 2.35. The summed E-state index contributed by atoms with van der Waals surface area (Å²) < 4.78 is 46.2. The number of aromatic nitrogens is 2. The van der Waals surface area contributed by atoms with E-state index in [1.54, 1.807) is 17.0 Å². The lowest BCUT2D eigenvalue weighted by molar-refractivity contribution is -0.141. The number of halogens is 3. The molecule has 196 valence electrons. The van der Waals surface area contributed by atoms with Crippen molar-refractivity contribution >= 4 is 23.4 Å². The number of Topliss-reactive ketones (excluding diaryl/α,β-unsaturated/α-hetero) is 2. The number of oxazole rings is 1. The van der Waals surface area contributed by atoms with Gasteiger partial charge in [0.05, 0.1) is 0 Å². The van der Waals surface area contributed by atoms with E-state index < -0.39 is 23.4 Å². The van der Waals surface area contributed by atoms with Crippen LogP contribution in [-0.2, 0) is 17.4 Å². The van der Waals surface area contributed by atoms with Crippen LogP contribution in [0.25, 0.3) is 0 Å². The molecule has 4 rings (SSSR count). The number of hydrogen-bond acceptors (Lipinski definition) is 7. The maximum absolute atomic E-state index is 13.6. The van der Waals surface area contributed by atoms with Crippen molar-refractivity contribution in [3.63, 3.8) is 0 Å². The number of carbonyl (C=O) groups is 2. The predicted octanol–water partition coefficient (Wildman–Crippen LogP) is 5.34. The average molecular weight is 507 g/mol. The van der Waals surface area contributed by atoms with E-state index in [-0.39, 0.29) is 18.4 Å². The zero-order valence-electron chi connectivity index (χ0n) is 20.8. The SMILES string of the molecule is CC(C)CC(=O)C1CCN(c2ccc(CC(=O)c3oc(N4CCCCC4)nc3C(F)(F)F)cn2)CC1. The Balaban J connectivity index is 1.40. The van der Waals surface area contributed by atoms with E-state index in [0.717, 1.165) is 37.9 Å². The molecule has 2 aliphatic rings. The van der Waals surface area contributed by atoms with Crippen molar-refractivity contribution in [2.24, 2.45) is 11.8 Å². The molecule has 2 saturated heterocycles. The van der Waals surface area contributed by atoms with Gasteiger partial charge in [0.2, 0.25) is 11.5 Å². The van der Waals surface area contributed by atoms with Crippen LogP contribution in [0.5, 0.6) is 0 Å². The lowest BCUT2D eigenvalue weighted by Gasteiger charge is -2.32. The van der Waals surface area contributed by atoms with Crippen molar-refractivity contribution in [1.29, 1.82) is 0 Å². The predicted molar refractivity (Wildman–Crippen MR) is 129 cm³/mol. The first-order valence-corrected chi connectivity index (χ1v) is 12.7. The highest BCUT2D eigenvalue weighted by molar-refractivity contribution is 5.96. The second kappa shape index (κ2) is 11.0. The number of nitrogens with zero attached hydrogens (tertiary/aromatic N) is 4. The summed E-state index contributed by atoms with van der Waals surface area (Å²) in [6, 6.07) is 3.32. The fraction of sp³-hybridized carbons (Fsp3) is 0.615. The van der Waals surface area contributed by atoms with Crippen LogP contribution in [0.1, 0.15) is 74.2 Å². The van der Waals surface area contributed by atoms with Gasteiger partial charge >= 0.3 is 6.18 Å². The van der Waals surface area contributed by atoms with Gasteiger partial charge in [0, 0.05) is 51.1 Å². The summed E-state index contributed by atoms with van der Waals surface area (Å²) in [5.74, 6) is -0.0463. The number of rotatable bonds is 8. The topological polar surface area (TPSA) is 79.5 Å². The number of pyridine rings is 1. The summed E-state index contributed by atoms with van der Waals surface area (Å²) in [6.07, 6.45) is 1.31. The highest BCUT2D eigenvalue weighted by atomic mass is 19.4. The van der Waals surface area contributed by atoms with Crippen molar-refractivity contribution in [2.75, 3.05) is 36.0 Å². The minimum absolute atomic E-state index is 0.0834. The van der Waals surface area contributed by atoms with Crippen LogP contribution in [0, 0.1) is 11.8 Å². The van der Waals surface area contributed by atoms with Crippen LogP contribution >= 0.6 is 0 Å². The second-order valence-electron chi connectivity index (χ2n) is 10.2. The van der Waals surface area contributed by atoms with Gasteiger partial charge in [0.1, 0.15) is 11.6 Å². The maximum Gasteiger partial charge on any atom is 0.437 e. The first-order chi connectivity index (χ1) is 17.1. The normalized spacial score (nSPS) is 17.6. The number of piperidine rings is 2. The van der Waals surface area contributed by atoms with Crippen molar-refractivity contribution in [3.05, 3.63) is 35.3 Å². The Morgan fingerprint density at radius 2 is 1.75 bits per heavy atom. The molecule has 10 heteroatoms. The molecule has 2 aliphatic heterocycles. The van der Waals surface area contributed by atoms with Gasteiger partial charge < -0.3 is 14.2 Å². The standard InChI is InChI=1S/C26H33F3N4O3/c1-17(2)14-20(34)19-8-12-32(13-9-19)22-7-6-18(16-30-22)15-21(35)23-24(26(27,28)29)31-25(36-23)33-10-4-3-5-11-33/h6-7,16-17,19H,3-5,8-15H2,1-2H3. The fourth-order valence-electron chi connectivity index (χ4n) is 4.88. The van der Waals surface area contributed by atoms with Gasteiger partial charge in [-0.2, -0.15) is 18.2 Å². The molecule has 0 atom stereocenters. The van der Waals surface area contributed by atoms with Crippen molar-refractivity contribution in [2.45, 2.75) is 65.0 Å². The molecule has 4 heterocycles. The van der Waals surface area contributed by atoms with Gasteiger partial charge in [-0.15, -0.1) is 0 Å². The number of ketones is 2. The second-order valence-corrected chi connectivity index (χ2v) is 10.2. The molecule has 0 saturated carbocycles. The molecular formula is C26H33F3N4O3. The molecule has 0 unspecified atom stereocenters. The third-order valence-electron chi connectivity index (χ3n) is 6.82. The minimum Gasteiger partial charge on any atom is -0.420 e. The molecule has 36 heavy (non-hydrogen) atoms. The van der Waals surface area contributed by atoms with Gasteiger partial charge in [-0.25, -0.2) is 4.98 Å². The molecule has 0 N–H and O–H groups in total. The van der Waals surface area contributed by atoms with Crippen molar-refractivity contribution in [3.8, 4) is 0 Å². The van der Waals surface area contributed by atoms with Crippen LogP contribution in [0.15, 0.2) is 22.7 Å². The highest BCUT2D eigenvalue weighted by Gasteiger charge is 2.41. The number of hydrogen-bond donors (Lipinski definition) is 0. The smallest absolute Gasteiger partial charge is 0.420 e. The van der Waals surface area contributed by atoms with Gasteiger partial charge in [-0.05, 0) is 49.7 Å². The lowest BCUT2D eigenvalue weighted by atomic mass is 9.88. The summed E-state index contributed by atoms with van der Waals surface area (Å²) in [5, 5.41) is 0. The van der Waals surface area contributed by atoms with E-state index in [1.807, 2.05) is 13.8 Å². The molecule has 0 bridgehead atoms. The number of anilines is 2. The quantitative estimate of drug-likeness (QED) is 0.448. The molecular weight excluding hydrogens is 473 g/mol. The Bertz CT molecular complexity index is 1050. The maximum atomic E-state index is 13.6. The van der Waals surface area contributed by atoms with E-state index in [1.165, 1.54) is 6.20 Å². The average Bonchev–Trinajstić information content (AvgIpc) is 3.31. The summed E-state index contributed by atoms with van der Waals surface area (Å²) in [7, 11) is 0. The van der Waals surface area contributed by atoms with E-state index in [2.05, 4.69) is 14.9 Å². The molecule has 2 aromatic rings. The monoisotopic (exact) mass is 506 g/mol. The van der Waals surface area contributed by atoms with Crippen LogP contribution in [-0.4, -0.2) is 47.7 Å². The Kier molecular flexibility index (Phi) is 8.00. The largest absolute Gasteiger partial charge is 0.437 e. The zero-order valence-corrected chi connectivity index (χ0v) is 20.8. The molecule has 2 fully saturated rings. The van der Waals surface area contributed by atoms with E-state index in [0.29, 0.717) is 49.9 Å². The van der Waals surface area contributed by atoms with Crippen molar-refractivity contribution < 1.29 is 27.2 Å². The number of alkyl halides is 3. The molecule has 7 nitrogen and oxygen atoms in total. The molecule has 0 aromatic carbocycles. The Labute approximate surface area is 209 Å². The van der Waals surface area contributed by atoms with Crippen molar-refractivity contribution in [1.82, 2.24) is 9.97 Å². The third-order valence-corrected chi connectivity index (χ3v) is 6.82. The van der Waals surface area contributed by atoms with Gasteiger partial charge in [-0.1, -0.05) is 19.9 Å². The summed E-state index contributed by atoms with van der Waals surface area (Å²) in [4.78, 5) is 37.0. The van der Waals surface area contributed by atoms with Crippen LogP contribution in [0.2, 0.25) is 0 Å². The molecule has 0 aliphatic carbocycles. The minimum atomic E-state index is -4.78. The summed E-state index contributed by atoms with van der Waals surface area (Å²) in [5.41, 5.74) is -0.776. The van der Waals surface area contributed by atoms with E-state index in [9.17, 15) is 22.8 Å². The van der Waals surface area contributed by atoms with Gasteiger partial charge in [-0.3, -0.25) is 9.59 Å². The Morgan fingerprint density at radius 1 is 1.06 bits per heavy atom. The molecule has 0 amide bonds. The fourth-order valence-corrected chi connectivity index (χ4v) is 4.88. The van der Waals surface area contributed by atoms with Crippen LogP contribution in [0.4, 0.5) is 25.0 Å². The van der Waals surface area contributed by atoms with Gasteiger partial charge in [0.15, 0.2) is 5.69 Å². The van der Waals surface area contributed by atoms with E-state index in [4.69, 9.17) is 4.42 Å². The van der Waals surface area contributed by atoms with Crippen LogP contribution < -0.4 is 9.80 Å². The molecule has 2 aromatic heterocycles. The first kappa shape index (κ1) is 26.2. The third kappa shape index (κ3) is 6.25. The zero-order chi connectivity index (χ0) is 25.9. The van der Waals surface area contributed by atoms with Gasteiger partial charge in [0.25, 0.3) is 6.01 Å². The summed E-state index contributed by atoms with van der Waals surface area (Å²) in [6.45, 7) is 6.63. The number of carbonyl (C=O) groups excluding carboxylic acids is 2. The van der Waals surface area contributed by atoms with E-state index >= 15 is 0 Å².